The number of halogens is 2. The van der Waals surface area contributed by atoms with E-state index in [-0.39, 0.29) is 0 Å². The Kier molecular flexibility index (Phi) is 2.94. The standard InChI is InChI=1S/C6H6BrIN2/c7-6-4(8)2-1-3-5(6)10-9/h1-3,10H,9H2. The van der Waals surface area contributed by atoms with E-state index in [1.165, 1.54) is 0 Å². The largest absolute Gasteiger partial charge is 0.323 e. The topological polar surface area (TPSA) is 38.0 Å². The lowest BCUT2D eigenvalue weighted by Crippen LogP contribution is -2.07. The molecule has 0 aliphatic heterocycles. The van der Waals surface area contributed by atoms with E-state index in [0.717, 1.165) is 13.7 Å². The Balaban J connectivity index is 3.14. The predicted molar refractivity (Wildman–Crippen MR) is 54.7 cm³/mol. The molecule has 0 heterocycles. The molecule has 1 aromatic carbocycles. The molecule has 0 fully saturated rings. The second-order valence-corrected chi connectivity index (χ2v) is 3.70. The Bertz CT molecular complexity index is 239. The van der Waals surface area contributed by atoms with Crippen LogP contribution in [-0.2, 0) is 0 Å². The number of nitrogens with one attached hydrogen (secondary N) is 1. The minimum atomic E-state index is 0.909. The summed E-state index contributed by atoms with van der Waals surface area (Å²) in [5.41, 5.74) is 3.49. The molecular formula is C6H6BrIN2. The van der Waals surface area contributed by atoms with Crippen molar-refractivity contribution in [3.8, 4) is 0 Å². The van der Waals surface area contributed by atoms with E-state index in [1.807, 2.05) is 18.2 Å². The van der Waals surface area contributed by atoms with E-state index in [4.69, 9.17) is 5.84 Å². The summed E-state index contributed by atoms with van der Waals surface area (Å²) in [6, 6.07) is 5.86. The average Bonchev–Trinajstić information content (AvgIpc) is 1.95. The molecule has 0 unspecified atom stereocenters. The molecule has 0 saturated carbocycles. The fraction of sp³-hybridized carbons (Fsp3) is 0. The summed E-state index contributed by atoms with van der Waals surface area (Å²) in [6.07, 6.45) is 0. The molecular weight excluding hydrogens is 307 g/mol. The third-order valence-electron chi connectivity index (χ3n) is 1.11. The number of nitrogens with two attached hydrogens (primary N) is 1. The molecule has 0 amide bonds. The minimum Gasteiger partial charge on any atom is -0.323 e. The van der Waals surface area contributed by atoms with E-state index in [0.29, 0.717) is 0 Å². The van der Waals surface area contributed by atoms with E-state index in [2.05, 4.69) is 43.9 Å². The van der Waals surface area contributed by atoms with Gasteiger partial charge in [0.2, 0.25) is 0 Å². The zero-order valence-electron chi connectivity index (χ0n) is 5.07. The summed E-state index contributed by atoms with van der Waals surface area (Å²) in [4.78, 5) is 0. The van der Waals surface area contributed by atoms with E-state index < -0.39 is 0 Å². The molecule has 0 aliphatic rings. The van der Waals surface area contributed by atoms with Gasteiger partial charge in [-0.25, -0.2) is 0 Å². The van der Waals surface area contributed by atoms with Gasteiger partial charge < -0.3 is 5.43 Å². The number of hydrogen-bond donors (Lipinski definition) is 2. The first-order valence-corrected chi connectivity index (χ1v) is 4.53. The van der Waals surface area contributed by atoms with Gasteiger partial charge in [-0.15, -0.1) is 0 Å². The predicted octanol–water partition coefficient (Wildman–Crippen LogP) is 2.34. The number of benzene rings is 1. The third-order valence-corrected chi connectivity index (χ3v) is 3.60. The van der Waals surface area contributed by atoms with Gasteiger partial charge in [-0.2, -0.15) is 0 Å². The molecule has 2 nitrogen and oxygen atoms in total. The SMILES string of the molecule is NNc1cccc(I)c1Br. The Morgan fingerprint density at radius 3 is 2.70 bits per heavy atom. The van der Waals surface area contributed by atoms with Crippen molar-refractivity contribution in [2.75, 3.05) is 5.43 Å². The Hall–Kier alpha value is 0.190. The van der Waals surface area contributed by atoms with Crippen LogP contribution >= 0.6 is 38.5 Å². The molecule has 1 rings (SSSR count). The maximum absolute atomic E-state index is 5.24. The molecule has 0 aromatic heterocycles. The van der Waals surface area contributed by atoms with E-state index in [1.54, 1.807) is 0 Å². The molecule has 4 heteroatoms. The fourth-order valence-corrected chi connectivity index (χ4v) is 1.49. The lowest BCUT2D eigenvalue weighted by atomic mass is 10.3. The lowest BCUT2D eigenvalue weighted by Gasteiger charge is -2.03. The van der Waals surface area contributed by atoms with Crippen LogP contribution in [0.15, 0.2) is 22.7 Å². The number of rotatable bonds is 1. The first-order chi connectivity index (χ1) is 4.75. The summed E-state index contributed by atoms with van der Waals surface area (Å²) in [5.74, 6) is 5.24. The first kappa shape index (κ1) is 8.29. The van der Waals surface area contributed by atoms with Crippen LogP contribution < -0.4 is 11.3 Å². The second-order valence-electron chi connectivity index (χ2n) is 1.75. The summed E-state index contributed by atoms with van der Waals surface area (Å²) in [7, 11) is 0. The molecule has 10 heavy (non-hydrogen) atoms. The second kappa shape index (κ2) is 3.54. The van der Waals surface area contributed by atoms with E-state index in [9.17, 15) is 0 Å². The normalized spacial score (nSPS) is 9.50. The molecule has 3 N–H and O–H groups in total. The summed E-state index contributed by atoms with van der Waals surface area (Å²) in [5, 5.41) is 0. The van der Waals surface area contributed by atoms with Gasteiger partial charge in [0.1, 0.15) is 0 Å². The van der Waals surface area contributed by atoms with Crippen molar-refractivity contribution in [2.24, 2.45) is 5.84 Å². The van der Waals surface area contributed by atoms with Crippen molar-refractivity contribution in [3.05, 3.63) is 26.2 Å². The number of hydrazine groups is 1. The lowest BCUT2D eigenvalue weighted by molar-refractivity contribution is 1.33. The monoisotopic (exact) mass is 312 g/mol. The van der Waals surface area contributed by atoms with Crippen molar-refractivity contribution >= 4 is 44.2 Å². The summed E-state index contributed by atoms with van der Waals surface area (Å²) in [6.45, 7) is 0. The highest BCUT2D eigenvalue weighted by atomic mass is 127. The van der Waals surface area contributed by atoms with Gasteiger partial charge >= 0.3 is 0 Å². The first-order valence-electron chi connectivity index (χ1n) is 2.66. The number of anilines is 1. The zero-order chi connectivity index (χ0) is 7.56. The van der Waals surface area contributed by atoms with Crippen LogP contribution in [0.4, 0.5) is 5.69 Å². The molecule has 0 spiro atoms. The van der Waals surface area contributed by atoms with Crippen molar-refractivity contribution < 1.29 is 0 Å². The molecule has 0 radical (unpaired) electrons. The smallest absolute Gasteiger partial charge is 0.0638 e. The summed E-state index contributed by atoms with van der Waals surface area (Å²) >= 11 is 5.62. The van der Waals surface area contributed by atoms with Gasteiger partial charge in [0.05, 0.1) is 10.2 Å². The van der Waals surface area contributed by atoms with E-state index >= 15 is 0 Å². The van der Waals surface area contributed by atoms with Gasteiger partial charge in [-0.05, 0) is 50.7 Å². The number of hydrogen-bond acceptors (Lipinski definition) is 2. The maximum atomic E-state index is 5.24. The molecule has 0 aliphatic carbocycles. The van der Waals surface area contributed by atoms with Gasteiger partial charge in [0, 0.05) is 3.57 Å². The molecule has 1 aromatic rings. The van der Waals surface area contributed by atoms with Crippen LogP contribution in [0.3, 0.4) is 0 Å². The zero-order valence-corrected chi connectivity index (χ0v) is 8.81. The van der Waals surface area contributed by atoms with Crippen LogP contribution in [0.5, 0.6) is 0 Å². The van der Waals surface area contributed by atoms with Crippen LogP contribution in [0.2, 0.25) is 0 Å². The maximum Gasteiger partial charge on any atom is 0.0638 e. The van der Waals surface area contributed by atoms with Crippen LogP contribution in [0, 0.1) is 3.57 Å². The molecule has 0 atom stereocenters. The average molecular weight is 313 g/mol. The molecule has 54 valence electrons. The van der Waals surface area contributed by atoms with Gasteiger partial charge in [0.25, 0.3) is 0 Å². The van der Waals surface area contributed by atoms with Crippen molar-refractivity contribution in [2.45, 2.75) is 0 Å². The molecule has 0 bridgehead atoms. The van der Waals surface area contributed by atoms with Crippen LogP contribution in [0.25, 0.3) is 0 Å². The highest BCUT2D eigenvalue weighted by molar-refractivity contribution is 14.1. The van der Waals surface area contributed by atoms with Crippen molar-refractivity contribution in [1.82, 2.24) is 0 Å². The molecule has 0 saturated heterocycles. The Morgan fingerprint density at radius 1 is 1.50 bits per heavy atom. The van der Waals surface area contributed by atoms with Crippen molar-refractivity contribution in [1.29, 1.82) is 0 Å². The van der Waals surface area contributed by atoms with Crippen molar-refractivity contribution in [3.63, 3.8) is 0 Å². The van der Waals surface area contributed by atoms with Crippen LogP contribution in [-0.4, -0.2) is 0 Å². The minimum absolute atomic E-state index is 0.909. The fourth-order valence-electron chi connectivity index (χ4n) is 0.615. The highest BCUT2D eigenvalue weighted by Gasteiger charge is 1.99. The van der Waals surface area contributed by atoms with Gasteiger partial charge in [0.15, 0.2) is 0 Å². The number of nitrogen functional groups attached to an aromatic ring is 1. The van der Waals surface area contributed by atoms with Gasteiger partial charge in [-0.1, -0.05) is 6.07 Å². The Morgan fingerprint density at radius 2 is 2.20 bits per heavy atom. The van der Waals surface area contributed by atoms with Gasteiger partial charge in [-0.3, -0.25) is 5.84 Å². The van der Waals surface area contributed by atoms with Crippen LogP contribution in [0.1, 0.15) is 0 Å². The third kappa shape index (κ3) is 1.62. The Labute approximate surface area is 81.4 Å². The quantitative estimate of drug-likeness (QED) is 0.474. The highest BCUT2D eigenvalue weighted by Crippen LogP contribution is 2.26. The summed E-state index contributed by atoms with van der Waals surface area (Å²) < 4.78 is 2.16.